The molecule has 25 heavy (non-hydrogen) atoms. The summed E-state index contributed by atoms with van der Waals surface area (Å²) in [5.74, 6) is -0.743. The third-order valence-corrected chi connectivity index (χ3v) is 4.75. The van der Waals surface area contributed by atoms with Gasteiger partial charge in [-0.25, -0.2) is 9.18 Å². The molecule has 1 heterocycles. The molecule has 0 unspecified atom stereocenters. The van der Waals surface area contributed by atoms with Gasteiger partial charge in [0, 0.05) is 23.1 Å². The molecule has 130 valence electrons. The number of rotatable bonds is 4. The molecule has 2 aromatic carbocycles. The lowest BCUT2D eigenvalue weighted by Crippen LogP contribution is -2.23. The number of anilines is 1. The second-order valence-electron chi connectivity index (χ2n) is 5.55. The summed E-state index contributed by atoms with van der Waals surface area (Å²) in [6.07, 6.45) is 0. The number of nitrogens with zero attached hydrogens (tertiary/aromatic N) is 2. The van der Waals surface area contributed by atoms with Gasteiger partial charge in [0.15, 0.2) is 0 Å². The molecule has 0 aliphatic rings. The number of benzene rings is 2. The van der Waals surface area contributed by atoms with Crippen LogP contribution in [0.2, 0.25) is 0 Å². The quantitative estimate of drug-likeness (QED) is 0.712. The van der Waals surface area contributed by atoms with Gasteiger partial charge in [0.1, 0.15) is 5.82 Å². The number of fused-ring (bicyclic) bond motifs is 1. The Labute approximate surface area is 152 Å². The van der Waals surface area contributed by atoms with Crippen LogP contribution in [0.25, 0.3) is 11.0 Å². The van der Waals surface area contributed by atoms with E-state index in [4.69, 9.17) is 0 Å². The average molecular weight is 406 g/mol. The molecule has 0 radical (unpaired) electrons. The highest BCUT2D eigenvalue weighted by molar-refractivity contribution is 9.10. The zero-order valence-electron chi connectivity index (χ0n) is 13.8. The summed E-state index contributed by atoms with van der Waals surface area (Å²) >= 11 is 3.45. The largest absolute Gasteiger partial charge is 0.329 e. The van der Waals surface area contributed by atoms with Gasteiger partial charge in [-0.2, -0.15) is 0 Å². The first-order valence-corrected chi connectivity index (χ1v) is 8.75. The number of halogens is 2. The summed E-state index contributed by atoms with van der Waals surface area (Å²) in [6, 6.07) is 8.93. The van der Waals surface area contributed by atoms with Crippen LogP contribution in [-0.4, -0.2) is 15.0 Å². The molecule has 1 aromatic heterocycles. The smallest absolute Gasteiger partial charge is 0.321 e. The van der Waals surface area contributed by atoms with E-state index in [0.717, 1.165) is 11.0 Å². The molecule has 3 aromatic rings. The van der Waals surface area contributed by atoms with Crippen molar-refractivity contribution in [2.45, 2.75) is 26.9 Å². The van der Waals surface area contributed by atoms with Crippen LogP contribution in [-0.2, 0) is 13.1 Å². The number of amides is 1. The minimum absolute atomic E-state index is 0.0751. The van der Waals surface area contributed by atoms with Gasteiger partial charge in [0.05, 0.1) is 16.7 Å². The van der Waals surface area contributed by atoms with E-state index >= 15 is 0 Å². The maximum absolute atomic E-state index is 13.0. The van der Waals surface area contributed by atoms with Gasteiger partial charge in [-0.15, -0.1) is 0 Å². The minimum atomic E-state index is -0.396. The first-order chi connectivity index (χ1) is 12.0. The monoisotopic (exact) mass is 405 g/mol. The van der Waals surface area contributed by atoms with E-state index in [0.29, 0.717) is 28.8 Å². The first kappa shape index (κ1) is 17.4. The lowest BCUT2D eigenvalue weighted by molar-refractivity contribution is 0.102. The van der Waals surface area contributed by atoms with Gasteiger partial charge >= 0.3 is 5.69 Å². The lowest BCUT2D eigenvalue weighted by atomic mass is 10.2. The molecule has 1 N–H and O–H groups in total. The highest BCUT2D eigenvalue weighted by Crippen LogP contribution is 2.29. The predicted molar refractivity (Wildman–Crippen MR) is 99.6 cm³/mol. The number of hydrogen-bond acceptors (Lipinski definition) is 2. The zero-order valence-corrected chi connectivity index (χ0v) is 15.4. The third kappa shape index (κ3) is 3.11. The molecular formula is C18H17BrFN3O2. The minimum Gasteiger partial charge on any atom is -0.321 e. The number of hydrogen-bond donors (Lipinski definition) is 1. The summed E-state index contributed by atoms with van der Waals surface area (Å²) < 4.78 is 17.0. The Morgan fingerprint density at radius 3 is 2.20 bits per heavy atom. The van der Waals surface area contributed by atoms with Gasteiger partial charge in [-0.3, -0.25) is 13.9 Å². The molecule has 0 aliphatic carbocycles. The van der Waals surface area contributed by atoms with Crippen LogP contribution in [0, 0.1) is 5.82 Å². The highest BCUT2D eigenvalue weighted by atomic mass is 79.9. The fourth-order valence-corrected chi connectivity index (χ4v) is 3.27. The van der Waals surface area contributed by atoms with Crippen LogP contribution >= 0.6 is 15.9 Å². The van der Waals surface area contributed by atoms with Crippen molar-refractivity contribution in [2.24, 2.45) is 0 Å². The Balaban J connectivity index is 2.05. The second-order valence-corrected chi connectivity index (χ2v) is 6.41. The number of nitrogens with one attached hydrogen (secondary N) is 1. The number of carbonyl (C=O) groups is 1. The van der Waals surface area contributed by atoms with Crippen molar-refractivity contribution in [3.63, 3.8) is 0 Å². The van der Waals surface area contributed by atoms with Gasteiger partial charge < -0.3 is 5.32 Å². The first-order valence-electron chi connectivity index (χ1n) is 7.95. The predicted octanol–water partition coefficient (Wildman–Crippen LogP) is 4.00. The van der Waals surface area contributed by atoms with E-state index in [1.807, 2.05) is 19.9 Å². The molecule has 5 nitrogen and oxygen atoms in total. The number of aromatic nitrogens is 2. The Hall–Kier alpha value is -2.41. The molecule has 3 rings (SSSR count). The molecule has 0 saturated carbocycles. The molecule has 0 aliphatic heterocycles. The van der Waals surface area contributed by atoms with Crippen molar-refractivity contribution in [1.82, 2.24) is 9.13 Å². The molecular weight excluding hydrogens is 389 g/mol. The number of aryl methyl sites for hydroxylation is 2. The fourth-order valence-electron chi connectivity index (χ4n) is 2.84. The van der Waals surface area contributed by atoms with Crippen LogP contribution in [0.15, 0.2) is 45.7 Å². The van der Waals surface area contributed by atoms with Crippen LogP contribution in [0.1, 0.15) is 24.2 Å². The van der Waals surface area contributed by atoms with Gasteiger partial charge in [-0.1, -0.05) is 0 Å². The summed E-state index contributed by atoms with van der Waals surface area (Å²) in [6.45, 7) is 4.92. The number of carbonyl (C=O) groups excluding carboxylic acids is 1. The third-order valence-electron chi connectivity index (χ3n) is 4.09. The maximum atomic E-state index is 13.0. The van der Waals surface area contributed by atoms with Crippen LogP contribution in [0.4, 0.5) is 10.1 Å². The zero-order chi connectivity index (χ0) is 18.1. The van der Waals surface area contributed by atoms with E-state index in [-0.39, 0.29) is 11.6 Å². The summed E-state index contributed by atoms with van der Waals surface area (Å²) in [4.78, 5) is 24.8. The van der Waals surface area contributed by atoms with Crippen molar-refractivity contribution in [3.05, 3.63) is 62.7 Å². The van der Waals surface area contributed by atoms with E-state index in [9.17, 15) is 14.0 Å². The van der Waals surface area contributed by atoms with Gasteiger partial charge in [0.25, 0.3) is 5.91 Å². The van der Waals surface area contributed by atoms with Gasteiger partial charge in [-0.05, 0) is 66.2 Å². The van der Waals surface area contributed by atoms with Crippen LogP contribution in [0.3, 0.4) is 0 Å². The highest BCUT2D eigenvalue weighted by Gasteiger charge is 2.15. The summed E-state index contributed by atoms with van der Waals surface area (Å²) in [5.41, 5.74) is 2.39. The second kappa shape index (κ2) is 6.84. The Bertz CT molecular complexity index is 1010. The molecule has 0 saturated heterocycles. The molecule has 1 amide bonds. The summed E-state index contributed by atoms with van der Waals surface area (Å²) in [5, 5.41) is 2.80. The standard InChI is InChI=1S/C18H17BrFN3O2/c1-3-22-15-9-13(19)14(10-16(15)23(4-2)18(22)25)21-17(24)11-5-7-12(20)8-6-11/h5-10H,3-4H2,1-2H3,(H,21,24). The van der Waals surface area contributed by atoms with Crippen LogP contribution in [0.5, 0.6) is 0 Å². The van der Waals surface area contributed by atoms with E-state index in [1.54, 1.807) is 15.2 Å². The van der Waals surface area contributed by atoms with E-state index in [1.165, 1.54) is 24.3 Å². The average Bonchev–Trinajstić information content (AvgIpc) is 2.85. The molecule has 7 heteroatoms. The van der Waals surface area contributed by atoms with Crippen molar-refractivity contribution in [3.8, 4) is 0 Å². The SMILES string of the molecule is CCn1c(=O)n(CC)c2cc(NC(=O)c3ccc(F)cc3)c(Br)cc21. The van der Waals surface area contributed by atoms with E-state index < -0.39 is 5.82 Å². The van der Waals surface area contributed by atoms with Gasteiger partial charge in [0.2, 0.25) is 0 Å². The summed E-state index contributed by atoms with van der Waals surface area (Å²) in [7, 11) is 0. The normalized spacial score (nSPS) is 11.0. The van der Waals surface area contributed by atoms with Crippen LogP contribution < -0.4 is 11.0 Å². The molecule has 0 atom stereocenters. The molecule has 0 fully saturated rings. The Morgan fingerprint density at radius 1 is 1.08 bits per heavy atom. The van der Waals surface area contributed by atoms with E-state index in [2.05, 4.69) is 21.2 Å². The van der Waals surface area contributed by atoms with Crippen molar-refractivity contribution < 1.29 is 9.18 Å². The topological polar surface area (TPSA) is 56.0 Å². The molecule has 0 spiro atoms. The molecule has 0 bridgehead atoms. The Morgan fingerprint density at radius 2 is 1.64 bits per heavy atom. The maximum Gasteiger partial charge on any atom is 0.329 e. The number of imidazole rings is 1. The lowest BCUT2D eigenvalue weighted by Gasteiger charge is -2.09. The van der Waals surface area contributed by atoms with Crippen molar-refractivity contribution >= 4 is 38.6 Å². The fraction of sp³-hybridized carbons (Fsp3) is 0.222. The van der Waals surface area contributed by atoms with Crippen molar-refractivity contribution in [1.29, 1.82) is 0 Å². The van der Waals surface area contributed by atoms with Crippen molar-refractivity contribution in [2.75, 3.05) is 5.32 Å². The Kier molecular flexibility index (Phi) is 4.76.